The van der Waals surface area contributed by atoms with Crippen molar-refractivity contribution in [2.45, 2.75) is 18.6 Å². The molecule has 73 valence electrons. The van der Waals surface area contributed by atoms with Crippen LogP contribution in [-0.4, -0.2) is 25.1 Å². The zero-order valence-electron chi connectivity index (χ0n) is 7.89. The molecule has 1 aliphatic heterocycles. The Kier molecular flexibility index (Phi) is 2.79. The van der Waals surface area contributed by atoms with Gasteiger partial charge in [-0.1, -0.05) is 30.3 Å². The zero-order valence-corrected chi connectivity index (χ0v) is 7.89. The van der Waals surface area contributed by atoms with Gasteiger partial charge in [0.2, 0.25) is 0 Å². The predicted molar refractivity (Wildman–Crippen MR) is 55.3 cm³/mol. The van der Waals surface area contributed by atoms with Crippen LogP contribution in [0.4, 0.5) is 0 Å². The van der Waals surface area contributed by atoms with E-state index in [0.717, 1.165) is 6.42 Å². The van der Waals surface area contributed by atoms with Crippen LogP contribution in [0.1, 0.15) is 5.56 Å². The van der Waals surface area contributed by atoms with Gasteiger partial charge in [0.05, 0.1) is 6.54 Å². The topological polar surface area (TPSA) is 47.6 Å². The first-order chi connectivity index (χ1) is 6.86. The van der Waals surface area contributed by atoms with E-state index >= 15 is 0 Å². The van der Waals surface area contributed by atoms with Gasteiger partial charge in [-0.3, -0.25) is 0 Å². The molecule has 3 heteroatoms. The molecular formula is C11H13N2O. The Morgan fingerprint density at radius 2 is 2.29 bits per heavy atom. The molecule has 0 saturated carbocycles. The van der Waals surface area contributed by atoms with Crippen LogP contribution >= 0.6 is 0 Å². The molecule has 0 amide bonds. The van der Waals surface area contributed by atoms with Crippen LogP contribution in [0.5, 0.6) is 0 Å². The lowest BCUT2D eigenvalue weighted by Gasteiger charge is -2.17. The summed E-state index contributed by atoms with van der Waals surface area (Å²) >= 11 is 0. The molecule has 2 rings (SSSR count). The second-order valence-electron chi connectivity index (χ2n) is 3.44. The van der Waals surface area contributed by atoms with E-state index in [0.29, 0.717) is 6.54 Å². The van der Waals surface area contributed by atoms with E-state index in [1.54, 1.807) is 0 Å². The van der Waals surface area contributed by atoms with Crippen LogP contribution in [0.3, 0.4) is 0 Å². The molecule has 0 saturated heterocycles. The quantitative estimate of drug-likeness (QED) is 0.766. The second-order valence-corrected chi connectivity index (χ2v) is 3.44. The maximum atomic E-state index is 5.99. The molecule has 0 fully saturated rings. The van der Waals surface area contributed by atoms with Crippen molar-refractivity contribution >= 4 is 6.40 Å². The molecule has 0 aliphatic carbocycles. The Morgan fingerprint density at radius 1 is 1.50 bits per heavy atom. The van der Waals surface area contributed by atoms with Gasteiger partial charge < -0.3 is 10.5 Å². The average Bonchev–Trinajstić information content (AvgIpc) is 2.72. The number of rotatable bonds is 3. The van der Waals surface area contributed by atoms with Gasteiger partial charge in [0.1, 0.15) is 6.10 Å². The summed E-state index contributed by atoms with van der Waals surface area (Å²) in [7, 11) is 0. The molecule has 0 unspecified atom stereocenters. The first kappa shape index (κ1) is 9.21. The van der Waals surface area contributed by atoms with Gasteiger partial charge in [0.15, 0.2) is 0 Å². The van der Waals surface area contributed by atoms with E-state index < -0.39 is 0 Å². The van der Waals surface area contributed by atoms with Crippen LogP contribution in [0.15, 0.2) is 35.3 Å². The smallest absolute Gasteiger partial charge is 0.273 e. The van der Waals surface area contributed by atoms with Gasteiger partial charge in [0.25, 0.3) is 6.40 Å². The minimum absolute atomic E-state index is 0.00356. The van der Waals surface area contributed by atoms with E-state index in [1.165, 1.54) is 5.56 Å². The van der Waals surface area contributed by atoms with Gasteiger partial charge in [-0.15, -0.1) is 0 Å². The Balaban J connectivity index is 1.91. The first-order valence-electron chi connectivity index (χ1n) is 4.73. The fourth-order valence-corrected chi connectivity index (χ4v) is 1.51. The van der Waals surface area contributed by atoms with Crippen molar-refractivity contribution in [2.24, 2.45) is 10.7 Å². The van der Waals surface area contributed by atoms with Gasteiger partial charge in [-0.05, 0) is 12.0 Å². The Labute approximate surface area is 83.6 Å². The van der Waals surface area contributed by atoms with E-state index in [-0.39, 0.29) is 12.1 Å². The van der Waals surface area contributed by atoms with Crippen LogP contribution < -0.4 is 5.73 Å². The zero-order chi connectivity index (χ0) is 9.80. The lowest BCUT2D eigenvalue weighted by molar-refractivity contribution is 0.198. The number of hydrogen-bond acceptors (Lipinski definition) is 3. The predicted octanol–water partition coefficient (Wildman–Crippen LogP) is 0.861. The molecular weight excluding hydrogens is 176 g/mol. The highest BCUT2D eigenvalue weighted by molar-refractivity contribution is 5.49. The third-order valence-electron chi connectivity index (χ3n) is 2.33. The fraction of sp³-hybridized carbons (Fsp3) is 0.364. The van der Waals surface area contributed by atoms with E-state index in [9.17, 15) is 0 Å². The van der Waals surface area contributed by atoms with Crippen molar-refractivity contribution in [1.82, 2.24) is 0 Å². The maximum Gasteiger partial charge on any atom is 0.273 e. The minimum Gasteiger partial charge on any atom is -0.467 e. The molecule has 0 spiro atoms. The number of ether oxygens (including phenoxy) is 1. The number of aliphatic imine (C=N–C) groups is 1. The Morgan fingerprint density at radius 3 is 2.93 bits per heavy atom. The normalized spacial score (nSPS) is 21.9. The molecule has 3 nitrogen and oxygen atoms in total. The van der Waals surface area contributed by atoms with Gasteiger partial charge >= 0.3 is 0 Å². The second kappa shape index (κ2) is 4.24. The van der Waals surface area contributed by atoms with Crippen molar-refractivity contribution in [3.05, 3.63) is 35.9 Å². The van der Waals surface area contributed by atoms with Crippen molar-refractivity contribution in [1.29, 1.82) is 0 Å². The summed E-state index contributed by atoms with van der Waals surface area (Å²) in [5.74, 6) is 0. The van der Waals surface area contributed by atoms with Crippen molar-refractivity contribution < 1.29 is 4.74 Å². The van der Waals surface area contributed by atoms with E-state index in [1.807, 2.05) is 18.2 Å². The largest absolute Gasteiger partial charge is 0.467 e. The summed E-state index contributed by atoms with van der Waals surface area (Å²) in [5.41, 5.74) is 7.22. The summed E-state index contributed by atoms with van der Waals surface area (Å²) in [6.45, 7) is 0.633. The van der Waals surface area contributed by atoms with E-state index in [2.05, 4.69) is 23.5 Å². The number of nitrogens with zero attached hydrogens (tertiary/aromatic N) is 1. The van der Waals surface area contributed by atoms with Crippen molar-refractivity contribution in [3.63, 3.8) is 0 Å². The SMILES string of the molecule is N[C@@H](Cc1ccccc1)[C@H]1CN=[C]O1. The van der Waals surface area contributed by atoms with Crippen molar-refractivity contribution in [3.8, 4) is 0 Å². The van der Waals surface area contributed by atoms with Crippen LogP contribution in [0.25, 0.3) is 0 Å². The number of benzene rings is 1. The van der Waals surface area contributed by atoms with Crippen LogP contribution in [0.2, 0.25) is 0 Å². The molecule has 1 heterocycles. The number of nitrogens with two attached hydrogens (primary N) is 1. The van der Waals surface area contributed by atoms with Gasteiger partial charge in [-0.2, -0.15) is 0 Å². The maximum absolute atomic E-state index is 5.99. The third kappa shape index (κ3) is 2.12. The highest BCUT2D eigenvalue weighted by atomic mass is 16.5. The fourth-order valence-electron chi connectivity index (χ4n) is 1.51. The van der Waals surface area contributed by atoms with E-state index in [4.69, 9.17) is 10.5 Å². The standard InChI is InChI=1S/C11H13N2O/c12-10(11-7-13-8-14-11)6-9-4-2-1-3-5-9/h1-5,10-11H,6-7,12H2/t10-,11+/m0/s1. The van der Waals surface area contributed by atoms with Crippen LogP contribution in [0, 0.1) is 0 Å². The lowest BCUT2D eigenvalue weighted by Crippen LogP contribution is -2.38. The molecule has 14 heavy (non-hydrogen) atoms. The summed E-state index contributed by atoms with van der Waals surface area (Å²) in [6, 6.07) is 10.2. The van der Waals surface area contributed by atoms with Gasteiger partial charge in [-0.25, -0.2) is 4.99 Å². The summed E-state index contributed by atoms with van der Waals surface area (Å²) < 4.78 is 5.15. The molecule has 2 N–H and O–H groups in total. The average molecular weight is 189 g/mol. The highest BCUT2D eigenvalue weighted by Gasteiger charge is 2.21. The molecule has 0 bridgehead atoms. The Bertz CT molecular complexity index is 302. The molecule has 1 radical (unpaired) electrons. The molecule has 1 aromatic carbocycles. The molecule has 2 atom stereocenters. The van der Waals surface area contributed by atoms with Crippen molar-refractivity contribution in [2.75, 3.05) is 6.54 Å². The highest BCUT2D eigenvalue weighted by Crippen LogP contribution is 2.09. The molecule has 1 aromatic rings. The van der Waals surface area contributed by atoms with Crippen LogP contribution in [-0.2, 0) is 11.2 Å². The minimum atomic E-state index is -0.00444. The molecule has 0 aromatic heterocycles. The Hall–Kier alpha value is -1.35. The summed E-state index contributed by atoms with van der Waals surface area (Å²) in [4.78, 5) is 3.88. The summed E-state index contributed by atoms with van der Waals surface area (Å²) in [5, 5.41) is 0. The number of hydrogen-bond donors (Lipinski definition) is 1. The first-order valence-corrected chi connectivity index (χ1v) is 4.73. The molecule has 1 aliphatic rings. The lowest BCUT2D eigenvalue weighted by atomic mass is 10.0. The van der Waals surface area contributed by atoms with Gasteiger partial charge in [0, 0.05) is 6.04 Å². The monoisotopic (exact) mass is 189 g/mol. The third-order valence-corrected chi connectivity index (χ3v) is 2.33. The summed E-state index contributed by atoms with van der Waals surface area (Å²) in [6.07, 6.45) is 3.30.